The van der Waals surface area contributed by atoms with Gasteiger partial charge in [-0.2, -0.15) is 0 Å². The summed E-state index contributed by atoms with van der Waals surface area (Å²) < 4.78 is 26.8. The molecule has 0 spiro atoms. The molecule has 2 N–H and O–H groups in total. The Morgan fingerprint density at radius 2 is 1.83 bits per heavy atom. The molecule has 0 unspecified atom stereocenters. The number of amides is 2. The molecule has 7 heteroatoms. The fraction of sp³-hybridized carbons (Fsp3) is 0.273. The minimum Gasteiger partial charge on any atom is -0.347 e. The molecule has 1 aromatic carbocycles. The molecule has 0 saturated heterocycles. The fourth-order valence-corrected chi connectivity index (χ4v) is 1.74. The second kappa shape index (κ2) is 6.34. The molecule has 1 rings (SSSR count). The largest absolute Gasteiger partial charge is 0.347 e. The quantitative estimate of drug-likeness (QED) is 0.823. The first-order valence-electron chi connectivity index (χ1n) is 5.01. The zero-order chi connectivity index (χ0) is 13.7. The average molecular weight is 274 g/mol. The van der Waals surface area contributed by atoms with Crippen LogP contribution in [0.2, 0.25) is 0 Å². The molecular weight excluding hydrogens is 262 g/mol. The van der Waals surface area contributed by atoms with E-state index in [4.69, 9.17) is 0 Å². The maximum absolute atomic E-state index is 13.4. The van der Waals surface area contributed by atoms with Crippen LogP contribution in [0.1, 0.15) is 6.92 Å². The van der Waals surface area contributed by atoms with Crippen molar-refractivity contribution in [1.29, 1.82) is 0 Å². The highest BCUT2D eigenvalue weighted by Crippen LogP contribution is 2.26. The standard InChI is InChI=1S/C11H12F2N2O2S/c1-6(16)14-5-10(17)15-7-3-8(12)11(18-2)9(13)4-7/h3-4H,5H2,1-2H3,(H,14,16)(H,15,17). The van der Waals surface area contributed by atoms with Crippen LogP contribution in [0.5, 0.6) is 0 Å². The summed E-state index contributed by atoms with van der Waals surface area (Å²) in [6.45, 7) is 1.02. The van der Waals surface area contributed by atoms with E-state index in [2.05, 4.69) is 10.6 Å². The molecule has 98 valence electrons. The molecule has 0 atom stereocenters. The predicted octanol–water partition coefficient (Wildman–Crippen LogP) is 1.76. The highest BCUT2D eigenvalue weighted by molar-refractivity contribution is 7.98. The predicted molar refractivity (Wildman–Crippen MR) is 65.5 cm³/mol. The van der Waals surface area contributed by atoms with E-state index in [1.165, 1.54) is 6.92 Å². The number of nitrogens with one attached hydrogen (secondary N) is 2. The Balaban J connectivity index is 2.74. The molecule has 0 heterocycles. The SMILES string of the molecule is CSc1c(F)cc(NC(=O)CNC(C)=O)cc1F. The second-order valence-electron chi connectivity index (χ2n) is 3.43. The first-order chi connectivity index (χ1) is 8.43. The van der Waals surface area contributed by atoms with Gasteiger partial charge in [0.05, 0.1) is 11.4 Å². The van der Waals surface area contributed by atoms with E-state index < -0.39 is 17.5 Å². The van der Waals surface area contributed by atoms with Gasteiger partial charge in [0.1, 0.15) is 11.6 Å². The van der Waals surface area contributed by atoms with E-state index in [1.807, 2.05) is 0 Å². The molecule has 0 aliphatic rings. The molecule has 0 bridgehead atoms. The van der Waals surface area contributed by atoms with Crippen molar-refractivity contribution in [2.24, 2.45) is 0 Å². The number of rotatable bonds is 4. The topological polar surface area (TPSA) is 58.2 Å². The summed E-state index contributed by atoms with van der Waals surface area (Å²) >= 11 is 0.944. The van der Waals surface area contributed by atoms with Crippen LogP contribution >= 0.6 is 11.8 Å². The molecule has 0 radical (unpaired) electrons. The Hall–Kier alpha value is -1.63. The molecule has 0 fully saturated rings. The zero-order valence-corrected chi connectivity index (χ0v) is 10.7. The van der Waals surface area contributed by atoms with Gasteiger partial charge in [0.25, 0.3) is 0 Å². The lowest BCUT2D eigenvalue weighted by molar-refractivity contribution is -0.122. The molecule has 4 nitrogen and oxygen atoms in total. The Labute approximate surface area is 107 Å². The van der Waals surface area contributed by atoms with Crippen molar-refractivity contribution < 1.29 is 18.4 Å². The van der Waals surface area contributed by atoms with Crippen LogP contribution < -0.4 is 10.6 Å². The van der Waals surface area contributed by atoms with Gasteiger partial charge in [0.2, 0.25) is 11.8 Å². The first-order valence-corrected chi connectivity index (χ1v) is 6.24. The van der Waals surface area contributed by atoms with Crippen molar-refractivity contribution in [2.75, 3.05) is 18.1 Å². The number of anilines is 1. The maximum Gasteiger partial charge on any atom is 0.243 e. The molecular formula is C11H12F2N2O2S. The molecule has 0 aromatic heterocycles. The summed E-state index contributed by atoms with van der Waals surface area (Å²) in [6.07, 6.45) is 1.55. The first kappa shape index (κ1) is 14.4. The number of carbonyl (C=O) groups excluding carboxylic acids is 2. The van der Waals surface area contributed by atoms with Gasteiger partial charge in [0.15, 0.2) is 0 Å². The van der Waals surface area contributed by atoms with Crippen LogP contribution in [-0.2, 0) is 9.59 Å². The van der Waals surface area contributed by atoms with Gasteiger partial charge in [-0.15, -0.1) is 11.8 Å². The van der Waals surface area contributed by atoms with E-state index in [0.29, 0.717) is 0 Å². The molecule has 0 aliphatic carbocycles. The van der Waals surface area contributed by atoms with Gasteiger partial charge >= 0.3 is 0 Å². The fourth-order valence-electron chi connectivity index (χ4n) is 1.24. The molecule has 1 aromatic rings. The smallest absolute Gasteiger partial charge is 0.243 e. The normalized spacial score (nSPS) is 10.0. The molecule has 0 aliphatic heterocycles. The molecule has 18 heavy (non-hydrogen) atoms. The van der Waals surface area contributed by atoms with Crippen molar-refractivity contribution >= 4 is 29.3 Å². The van der Waals surface area contributed by atoms with E-state index in [0.717, 1.165) is 23.9 Å². The third-order valence-electron chi connectivity index (χ3n) is 1.98. The van der Waals surface area contributed by atoms with Crippen LogP contribution in [0.15, 0.2) is 17.0 Å². The summed E-state index contributed by atoms with van der Waals surface area (Å²) in [4.78, 5) is 21.8. The number of benzene rings is 1. The van der Waals surface area contributed by atoms with E-state index in [9.17, 15) is 18.4 Å². The summed E-state index contributed by atoms with van der Waals surface area (Å²) in [5.74, 6) is -2.39. The molecule has 2 amide bonds. The van der Waals surface area contributed by atoms with Crippen LogP contribution in [0, 0.1) is 11.6 Å². The summed E-state index contributed by atoms with van der Waals surface area (Å²) in [7, 11) is 0. The number of carbonyl (C=O) groups is 2. The van der Waals surface area contributed by atoms with Gasteiger partial charge in [0, 0.05) is 12.6 Å². The van der Waals surface area contributed by atoms with Crippen molar-refractivity contribution in [3.05, 3.63) is 23.8 Å². The monoisotopic (exact) mass is 274 g/mol. The maximum atomic E-state index is 13.4. The second-order valence-corrected chi connectivity index (χ2v) is 4.25. The van der Waals surface area contributed by atoms with E-state index >= 15 is 0 Å². The summed E-state index contributed by atoms with van der Waals surface area (Å²) in [5.41, 5.74) is 0.0122. The van der Waals surface area contributed by atoms with Gasteiger partial charge in [-0.25, -0.2) is 8.78 Å². The van der Waals surface area contributed by atoms with Crippen LogP contribution in [-0.4, -0.2) is 24.6 Å². The minimum absolute atomic E-state index is 0.0122. The summed E-state index contributed by atoms with van der Waals surface area (Å²) in [5, 5.41) is 4.56. The Bertz CT molecular complexity index is 457. The van der Waals surface area contributed by atoms with Crippen molar-refractivity contribution in [1.82, 2.24) is 5.32 Å². The lowest BCUT2D eigenvalue weighted by atomic mass is 10.3. The van der Waals surface area contributed by atoms with Crippen molar-refractivity contribution in [3.63, 3.8) is 0 Å². The van der Waals surface area contributed by atoms with Gasteiger partial charge in [-0.3, -0.25) is 9.59 Å². The number of hydrogen-bond acceptors (Lipinski definition) is 3. The third-order valence-corrected chi connectivity index (χ3v) is 2.78. The third kappa shape index (κ3) is 3.99. The van der Waals surface area contributed by atoms with Crippen molar-refractivity contribution in [2.45, 2.75) is 11.8 Å². The number of thioether (sulfide) groups is 1. The highest BCUT2D eigenvalue weighted by atomic mass is 32.2. The minimum atomic E-state index is -0.739. The Morgan fingerprint density at radius 3 is 2.28 bits per heavy atom. The van der Waals surface area contributed by atoms with Crippen LogP contribution in [0.3, 0.4) is 0 Å². The lowest BCUT2D eigenvalue weighted by Crippen LogP contribution is -2.31. The summed E-state index contributed by atoms with van der Waals surface area (Å²) in [6, 6.07) is 2.06. The average Bonchev–Trinajstić information content (AvgIpc) is 2.26. The number of halogens is 2. The zero-order valence-electron chi connectivity index (χ0n) is 9.84. The lowest BCUT2D eigenvalue weighted by Gasteiger charge is -2.08. The van der Waals surface area contributed by atoms with Gasteiger partial charge < -0.3 is 10.6 Å². The van der Waals surface area contributed by atoms with E-state index in [1.54, 1.807) is 6.26 Å². The Morgan fingerprint density at radius 1 is 1.28 bits per heavy atom. The Kier molecular flexibility index (Phi) is 5.08. The van der Waals surface area contributed by atoms with E-state index in [-0.39, 0.29) is 23.0 Å². The van der Waals surface area contributed by atoms with Crippen molar-refractivity contribution in [3.8, 4) is 0 Å². The van der Waals surface area contributed by atoms with Crippen LogP contribution in [0.4, 0.5) is 14.5 Å². The molecule has 0 saturated carbocycles. The van der Waals surface area contributed by atoms with Gasteiger partial charge in [-0.1, -0.05) is 0 Å². The van der Waals surface area contributed by atoms with Gasteiger partial charge in [-0.05, 0) is 18.4 Å². The number of hydrogen-bond donors (Lipinski definition) is 2. The highest BCUT2D eigenvalue weighted by Gasteiger charge is 2.11. The van der Waals surface area contributed by atoms with Crippen LogP contribution in [0.25, 0.3) is 0 Å².